The molecule has 0 bridgehead atoms. The summed E-state index contributed by atoms with van der Waals surface area (Å²) in [7, 11) is -9.57. The number of pyridine rings is 1. The van der Waals surface area contributed by atoms with Gasteiger partial charge in [0.1, 0.15) is 17.4 Å². The van der Waals surface area contributed by atoms with Crippen molar-refractivity contribution in [1.82, 2.24) is 14.8 Å². The molecule has 12 nitrogen and oxygen atoms in total. The monoisotopic (exact) mass is 564 g/mol. The summed E-state index contributed by atoms with van der Waals surface area (Å²) in [5.41, 5.74) is 1.76. The zero-order valence-electron chi connectivity index (χ0n) is 18.8. The van der Waals surface area contributed by atoms with Gasteiger partial charge in [0.2, 0.25) is 0 Å². The summed E-state index contributed by atoms with van der Waals surface area (Å²) in [6.07, 6.45) is -5.26. The van der Waals surface area contributed by atoms with Gasteiger partial charge < -0.3 is 34.4 Å². The molecule has 1 aliphatic rings. The molecule has 0 amide bonds. The number of halogens is 2. The Hall–Kier alpha value is -1.92. The summed E-state index contributed by atoms with van der Waals surface area (Å²) >= 11 is 6.22. The molecule has 0 aliphatic carbocycles. The van der Waals surface area contributed by atoms with Crippen LogP contribution in [-0.4, -0.2) is 65.4 Å². The van der Waals surface area contributed by atoms with Crippen molar-refractivity contribution in [2.75, 3.05) is 17.8 Å². The van der Waals surface area contributed by atoms with Crippen LogP contribution in [0.2, 0.25) is 5.15 Å². The second-order valence-corrected chi connectivity index (χ2v) is 12.7. The highest BCUT2D eigenvalue weighted by Crippen LogP contribution is 2.55. The number of anilines is 1. The fraction of sp³-hybridized carbons (Fsp3) is 0.400. The van der Waals surface area contributed by atoms with E-state index in [-0.39, 0.29) is 16.8 Å². The largest absolute Gasteiger partial charge is 0.387 e. The molecule has 0 saturated carbocycles. The van der Waals surface area contributed by atoms with Crippen LogP contribution in [0.5, 0.6) is 0 Å². The van der Waals surface area contributed by atoms with Crippen molar-refractivity contribution in [3.63, 3.8) is 0 Å². The molecule has 0 spiro atoms. The number of benzene rings is 1. The molecule has 4 rings (SSSR count). The van der Waals surface area contributed by atoms with Crippen LogP contribution in [0.3, 0.4) is 0 Å². The summed E-state index contributed by atoms with van der Waals surface area (Å²) in [5, 5.41) is 18.4. The Morgan fingerprint density at radius 1 is 1.28 bits per heavy atom. The van der Waals surface area contributed by atoms with Crippen molar-refractivity contribution in [2.24, 2.45) is 0 Å². The lowest BCUT2D eigenvalue weighted by molar-refractivity contribution is -0.0472. The predicted molar refractivity (Wildman–Crippen MR) is 129 cm³/mol. The fourth-order valence-electron chi connectivity index (χ4n) is 3.85. The van der Waals surface area contributed by atoms with E-state index in [1.54, 1.807) is 6.07 Å². The molecule has 0 radical (unpaired) electrons. The van der Waals surface area contributed by atoms with Crippen LogP contribution in [-0.2, 0) is 18.4 Å². The van der Waals surface area contributed by atoms with E-state index in [9.17, 15) is 19.1 Å². The molecule has 1 saturated heterocycles. The van der Waals surface area contributed by atoms with Gasteiger partial charge >= 0.3 is 15.2 Å². The summed E-state index contributed by atoms with van der Waals surface area (Å²) < 4.78 is 49.2. The summed E-state index contributed by atoms with van der Waals surface area (Å²) in [6, 6.07) is 11.1. The van der Waals surface area contributed by atoms with Gasteiger partial charge in [0.15, 0.2) is 23.9 Å². The van der Waals surface area contributed by atoms with Crippen LogP contribution in [0.25, 0.3) is 11.0 Å². The summed E-state index contributed by atoms with van der Waals surface area (Å²) in [5.74, 6) is -1.42. The van der Waals surface area contributed by atoms with Gasteiger partial charge in [0.05, 0.1) is 23.9 Å². The molecule has 1 fully saturated rings. The molecule has 3 heterocycles. The fourth-order valence-corrected chi connectivity index (χ4v) is 6.61. The molecule has 3 aromatic rings. The predicted octanol–water partition coefficient (Wildman–Crippen LogP) is 3.19. The Labute approximate surface area is 209 Å². The number of nitrogens with one attached hydrogen (secondary N) is 1. The number of nitrogens with zero attached hydrogens (tertiary/aromatic N) is 3. The lowest BCUT2D eigenvalue weighted by Gasteiger charge is -2.18. The summed E-state index contributed by atoms with van der Waals surface area (Å²) in [4.78, 5) is 31.6. The maximum atomic E-state index is 15.0. The highest BCUT2D eigenvalue weighted by atomic mass is 35.5. The number of aliphatic hydroxyl groups excluding tert-OH is 1. The van der Waals surface area contributed by atoms with Crippen LogP contribution in [0, 0.1) is 0 Å². The standard InChI is InChI=1S/C20H24ClFN4O8P2/c1-11(12-5-3-2-4-6-12)24-14-7-16(21)25-19-13(14)8-23-26(19)20-17(22)18(27)15(34-20)9-33-36(31,32)10-35(28,29)30/h2-8,11,15,17-18,20,27H,9-10H2,1H3,(H,24,25)(H,31,32)(H2,28,29,30)/t11?,15-,17+,18-,20-/m1/s1. The first-order chi connectivity index (χ1) is 16.8. The highest BCUT2D eigenvalue weighted by molar-refractivity contribution is 7.70. The van der Waals surface area contributed by atoms with E-state index in [4.69, 9.17) is 26.1 Å². The third-order valence-corrected chi connectivity index (χ3v) is 9.20. The number of fused-ring (bicyclic) bond motifs is 1. The first-order valence-corrected chi connectivity index (χ1v) is 14.6. The van der Waals surface area contributed by atoms with Gasteiger partial charge in [0, 0.05) is 6.04 Å². The first-order valence-electron chi connectivity index (χ1n) is 10.7. The molecule has 2 unspecified atom stereocenters. The molecule has 2 aromatic heterocycles. The van der Waals surface area contributed by atoms with E-state index < -0.39 is 52.3 Å². The minimum atomic E-state index is -4.85. The number of ether oxygens (including phenoxy) is 1. The van der Waals surface area contributed by atoms with Crippen LogP contribution >= 0.6 is 26.8 Å². The van der Waals surface area contributed by atoms with Gasteiger partial charge in [-0.1, -0.05) is 41.9 Å². The van der Waals surface area contributed by atoms with E-state index in [2.05, 4.69) is 19.9 Å². The number of aromatic nitrogens is 3. The van der Waals surface area contributed by atoms with Crippen molar-refractivity contribution in [1.29, 1.82) is 0 Å². The van der Waals surface area contributed by atoms with Crippen LogP contribution < -0.4 is 5.32 Å². The SMILES string of the molecule is CC(Nc1cc(Cl)nc2c1cnn2[C@@H]1O[C@H](COP(=O)(O)CP(=O)(O)O)[C@@H](O)[C@@H]1F)c1ccccc1. The minimum absolute atomic E-state index is 0.0968. The van der Waals surface area contributed by atoms with E-state index in [0.717, 1.165) is 10.2 Å². The van der Waals surface area contributed by atoms with Crippen molar-refractivity contribution in [2.45, 2.75) is 37.6 Å². The molecule has 36 heavy (non-hydrogen) atoms. The normalized spacial score (nSPS) is 25.1. The van der Waals surface area contributed by atoms with E-state index in [1.807, 2.05) is 37.3 Å². The van der Waals surface area contributed by atoms with E-state index >= 15 is 4.39 Å². The summed E-state index contributed by atoms with van der Waals surface area (Å²) in [6.45, 7) is 1.16. The van der Waals surface area contributed by atoms with Gasteiger partial charge in [-0.05, 0) is 18.6 Å². The van der Waals surface area contributed by atoms with Crippen molar-refractivity contribution in [3.05, 3.63) is 53.3 Å². The van der Waals surface area contributed by atoms with Gasteiger partial charge in [-0.15, -0.1) is 0 Å². The number of alkyl halides is 1. The zero-order valence-corrected chi connectivity index (χ0v) is 21.3. The molecular weight excluding hydrogens is 541 g/mol. The molecule has 5 N–H and O–H groups in total. The lowest BCUT2D eigenvalue weighted by atomic mass is 10.1. The lowest BCUT2D eigenvalue weighted by Crippen LogP contribution is -2.31. The maximum Gasteiger partial charge on any atom is 0.340 e. The van der Waals surface area contributed by atoms with Crippen LogP contribution in [0.4, 0.5) is 10.1 Å². The van der Waals surface area contributed by atoms with Crippen LogP contribution in [0.15, 0.2) is 42.6 Å². The van der Waals surface area contributed by atoms with Gasteiger partial charge in [0.25, 0.3) is 0 Å². The van der Waals surface area contributed by atoms with Crippen molar-refractivity contribution < 1.29 is 42.6 Å². The zero-order chi connectivity index (χ0) is 26.3. The smallest absolute Gasteiger partial charge is 0.340 e. The Morgan fingerprint density at radius 2 is 1.97 bits per heavy atom. The quantitative estimate of drug-likeness (QED) is 0.190. The number of rotatable bonds is 9. The topological polar surface area (TPSA) is 176 Å². The van der Waals surface area contributed by atoms with Crippen molar-refractivity contribution >= 4 is 43.5 Å². The molecule has 6 atom stereocenters. The third kappa shape index (κ3) is 6.13. The second kappa shape index (κ2) is 10.4. The molecular formula is C20H24ClFN4O8P2. The average Bonchev–Trinajstić information content (AvgIpc) is 3.32. The molecule has 196 valence electrons. The molecule has 16 heteroatoms. The molecule has 1 aliphatic heterocycles. The molecule has 1 aromatic carbocycles. The third-order valence-electron chi connectivity index (χ3n) is 5.55. The second-order valence-electron chi connectivity index (χ2n) is 8.34. The van der Waals surface area contributed by atoms with Gasteiger partial charge in [-0.2, -0.15) is 5.10 Å². The maximum absolute atomic E-state index is 15.0. The van der Waals surface area contributed by atoms with E-state index in [1.165, 1.54) is 6.20 Å². The number of aliphatic hydroxyl groups is 1. The Bertz CT molecular complexity index is 1330. The first kappa shape index (κ1) is 27.1. The number of hydrogen-bond donors (Lipinski definition) is 5. The Balaban J connectivity index is 1.55. The van der Waals surface area contributed by atoms with Crippen LogP contribution in [0.1, 0.15) is 24.8 Å². The Kier molecular flexibility index (Phi) is 7.87. The Morgan fingerprint density at radius 3 is 2.64 bits per heavy atom. The van der Waals surface area contributed by atoms with Gasteiger partial charge in [-0.25, -0.2) is 14.1 Å². The minimum Gasteiger partial charge on any atom is -0.387 e. The highest BCUT2D eigenvalue weighted by Gasteiger charge is 2.47. The number of hydrogen-bond acceptors (Lipinski definition) is 8. The average molecular weight is 565 g/mol. The van der Waals surface area contributed by atoms with Crippen molar-refractivity contribution in [3.8, 4) is 0 Å². The van der Waals surface area contributed by atoms with E-state index in [0.29, 0.717) is 11.1 Å². The van der Waals surface area contributed by atoms with Gasteiger partial charge in [-0.3, -0.25) is 9.13 Å².